The zero-order valence-electron chi connectivity index (χ0n) is 14.2. The minimum atomic E-state index is -4.29. The van der Waals surface area contributed by atoms with E-state index in [0.717, 1.165) is 24.3 Å². The number of nitrogens with one attached hydrogen (secondary N) is 1. The van der Waals surface area contributed by atoms with Crippen LogP contribution in [0, 0.1) is 0 Å². The van der Waals surface area contributed by atoms with Crippen LogP contribution in [-0.4, -0.2) is 31.1 Å². The monoisotopic (exact) mass is 397 g/mol. The van der Waals surface area contributed by atoms with Gasteiger partial charge in [0.25, 0.3) is 11.8 Å². The molecule has 3 N–H and O–H groups in total. The van der Waals surface area contributed by atoms with Crippen LogP contribution in [0.5, 0.6) is 5.75 Å². The second kappa shape index (κ2) is 8.98. The van der Waals surface area contributed by atoms with Crippen molar-refractivity contribution in [3.05, 3.63) is 65.2 Å². The highest BCUT2D eigenvalue weighted by Gasteiger charge is 2.42. The summed E-state index contributed by atoms with van der Waals surface area (Å²) in [7, 11) is 0. The van der Waals surface area contributed by atoms with Gasteiger partial charge in [0.15, 0.2) is 6.61 Å². The Morgan fingerprint density at radius 3 is 2.25 bits per heavy atom. The zero-order valence-corrected chi connectivity index (χ0v) is 14.2. The van der Waals surface area contributed by atoms with E-state index in [9.17, 15) is 27.2 Å². The SMILES string of the molecule is NC(=O)COc1ccc(/C=N\NC(=O)c2ccc(C(F)(F)C(F)F)cc2)cc1. The Labute approximate surface area is 157 Å². The third-order valence-corrected chi connectivity index (χ3v) is 3.45. The van der Waals surface area contributed by atoms with E-state index in [1.54, 1.807) is 24.3 Å². The van der Waals surface area contributed by atoms with E-state index < -0.39 is 29.7 Å². The van der Waals surface area contributed by atoms with Crippen molar-refractivity contribution in [3.63, 3.8) is 0 Å². The first-order valence-corrected chi connectivity index (χ1v) is 7.81. The van der Waals surface area contributed by atoms with Gasteiger partial charge in [0.1, 0.15) is 5.75 Å². The Kier molecular flexibility index (Phi) is 6.69. The lowest BCUT2D eigenvalue weighted by Crippen LogP contribution is -2.24. The molecule has 0 saturated carbocycles. The van der Waals surface area contributed by atoms with Crippen LogP contribution in [0.1, 0.15) is 21.5 Å². The molecule has 0 aliphatic carbocycles. The standard InChI is InChI=1S/C18H15F4N3O3/c19-17(20)18(21,22)13-5-3-12(4-6-13)16(27)25-24-9-11-1-7-14(8-2-11)28-10-15(23)26/h1-9,17H,10H2,(H2,23,26)(H,25,27)/b24-9-. The van der Waals surface area contributed by atoms with Crippen LogP contribution in [0.3, 0.4) is 0 Å². The van der Waals surface area contributed by atoms with Crippen LogP contribution < -0.4 is 15.9 Å². The molecule has 0 aliphatic heterocycles. The van der Waals surface area contributed by atoms with E-state index in [2.05, 4.69) is 10.5 Å². The van der Waals surface area contributed by atoms with Crippen LogP contribution >= 0.6 is 0 Å². The van der Waals surface area contributed by atoms with E-state index >= 15 is 0 Å². The van der Waals surface area contributed by atoms with Crippen LogP contribution in [0.4, 0.5) is 17.6 Å². The van der Waals surface area contributed by atoms with Crippen molar-refractivity contribution in [2.45, 2.75) is 12.3 Å². The number of ether oxygens (including phenoxy) is 1. The normalized spacial score (nSPS) is 11.6. The minimum Gasteiger partial charge on any atom is -0.484 e. The van der Waals surface area contributed by atoms with Gasteiger partial charge in [-0.05, 0) is 42.0 Å². The van der Waals surface area contributed by atoms with E-state index in [4.69, 9.17) is 10.5 Å². The molecular weight excluding hydrogens is 382 g/mol. The number of hydrazone groups is 1. The molecule has 2 aromatic rings. The van der Waals surface area contributed by atoms with Crippen molar-refractivity contribution in [1.29, 1.82) is 0 Å². The van der Waals surface area contributed by atoms with Gasteiger partial charge in [-0.25, -0.2) is 14.2 Å². The number of hydrogen-bond acceptors (Lipinski definition) is 4. The third-order valence-electron chi connectivity index (χ3n) is 3.45. The summed E-state index contributed by atoms with van der Waals surface area (Å²) in [6.07, 6.45) is -2.53. The molecule has 148 valence electrons. The van der Waals surface area contributed by atoms with Gasteiger partial charge >= 0.3 is 12.3 Å². The maximum atomic E-state index is 13.2. The van der Waals surface area contributed by atoms with E-state index in [-0.39, 0.29) is 12.2 Å². The van der Waals surface area contributed by atoms with Gasteiger partial charge in [0.2, 0.25) is 0 Å². The number of primary amides is 1. The Morgan fingerprint density at radius 2 is 1.71 bits per heavy atom. The van der Waals surface area contributed by atoms with Crippen molar-refractivity contribution in [2.75, 3.05) is 6.61 Å². The fourth-order valence-corrected chi connectivity index (χ4v) is 2.00. The largest absolute Gasteiger partial charge is 0.484 e. The minimum absolute atomic E-state index is 0.0267. The Balaban J connectivity index is 1.93. The van der Waals surface area contributed by atoms with Crippen LogP contribution in [0.25, 0.3) is 0 Å². The molecule has 2 rings (SSSR count). The maximum Gasteiger partial charge on any atom is 0.332 e. The van der Waals surface area contributed by atoms with Gasteiger partial charge in [-0.15, -0.1) is 0 Å². The highest BCUT2D eigenvalue weighted by atomic mass is 19.3. The average Bonchev–Trinajstić information content (AvgIpc) is 2.67. The van der Waals surface area contributed by atoms with E-state index in [1.807, 2.05) is 0 Å². The highest BCUT2D eigenvalue weighted by molar-refractivity contribution is 5.94. The van der Waals surface area contributed by atoms with Crippen molar-refractivity contribution in [3.8, 4) is 5.75 Å². The first kappa shape index (κ1) is 20.9. The average molecular weight is 397 g/mol. The fourth-order valence-electron chi connectivity index (χ4n) is 2.00. The summed E-state index contributed by atoms with van der Waals surface area (Å²) in [5.41, 5.74) is 6.83. The molecule has 10 heteroatoms. The molecule has 0 atom stereocenters. The van der Waals surface area contributed by atoms with E-state index in [1.165, 1.54) is 6.21 Å². The predicted molar refractivity (Wildman–Crippen MR) is 92.5 cm³/mol. The van der Waals surface area contributed by atoms with Crippen molar-refractivity contribution in [1.82, 2.24) is 5.43 Å². The summed E-state index contributed by atoms with van der Waals surface area (Å²) in [5, 5.41) is 3.71. The summed E-state index contributed by atoms with van der Waals surface area (Å²) >= 11 is 0. The number of alkyl halides is 4. The molecule has 0 spiro atoms. The number of benzene rings is 2. The lowest BCUT2D eigenvalue weighted by Gasteiger charge is -2.15. The molecule has 6 nitrogen and oxygen atoms in total. The molecule has 0 fully saturated rings. The summed E-state index contributed by atoms with van der Waals surface area (Å²) < 4.78 is 56.1. The van der Waals surface area contributed by atoms with Gasteiger partial charge < -0.3 is 10.5 Å². The van der Waals surface area contributed by atoms with Crippen molar-refractivity contribution < 1.29 is 31.9 Å². The molecule has 0 saturated heterocycles. The number of nitrogens with zero attached hydrogens (tertiary/aromatic N) is 1. The number of carbonyl (C=O) groups is 2. The van der Waals surface area contributed by atoms with Crippen molar-refractivity contribution >= 4 is 18.0 Å². The van der Waals surface area contributed by atoms with Gasteiger partial charge in [0.05, 0.1) is 6.21 Å². The molecule has 0 aliphatic rings. The van der Waals surface area contributed by atoms with Gasteiger partial charge in [0, 0.05) is 11.1 Å². The molecule has 0 unspecified atom stereocenters. The molecule has 0 heterocycles. The number of rotatable bonds is 8. The number of nitrogens with two attached hydrogens (primary N) is 1. The Morgan fingerprint density at radius 1 is 1.11 bits per heavy atom. The van der Waals surface area contributed by atoms with Gasteiger partial charge in [-0.3, -0.25) is 9.59 Å². The molecule has 2 amide bonds. The second-order valence-corrected chi connectivity index (χ2v) is 5.52. The van der Waals surface area contributed by atoms with Crippen LogP contribution in [0.15, 0.2) is 53.6 Å². The highest BCUT2D eigenvalue weighted by Crippen LogP contribution is 2.34. The summed E-state index contributed by atoms with van der Waals surface area (Å²) in [6.45, 7) is -0.258. The summed E-state index contributed by atoms with van der Waals surface area (Å²) in [4.78, 5) is 22.5. The summed E-state index contributed by atoms with van der Waals surface area (Å²) in [5.74, 6) is -5.19. The number of amides is 2. The Hall–Kier alpha value is -3.43. The van der Waals surface area contributed by atoms with Gasteiger partial charge in [-0.1, -0.05) is 12.1 Å². The lowest BCUT2D eigenvalue weighted by atomic mass is 10.1. The van der Waals surface area contributed by atoms with E-state index in [0.29, 0.717) is 11.3 Å². The smallest absolute Gasteiger partial charge is 0.332 e. The van der Waals surface area contributed by atoms with Crippen LogP contribution in [-0.2, 0) is 10.7 Å². The lowest BCUT2D eigenvalue weighted by molar-refractivity contribution is -0.135. The molecular formula is C18H15F4N3O3. The number of halogens is 4. The van der Waals surface area contributed by atoms with Gasteiger partial charge in [-0.2, -0.15) is 13.9 Å². The maximum absolute atomic E-state index is 13.2. The number of carbonyl (C=O) groups excluding carboxylic acids is 2. The predicted octanol–water partition coefficient (Wildman–Crippen LogP) is 2.67. The first-order chi connectivity index (χ1) is 13.2. The Bertz CT molecular complexity index is 853. The zero-order chi connectivity index (χ0) is 20.7. The number of hydrogen-bond donors (Lipinski definition) is 2. The quantitative estimate of drug-likeness (QED) is 0.407. The second-order valence-electron chi connectivity index (χ2n) is 5.52. The van der Waals surface area contributed by atoms with Crippen molar-refractivity contribution in [2.24, 2.45) is 10.8 Å². The van der Waals surface area contributed by atoms with Crippen LogP contribution in [0.2, 0.25) is 0 Å². The molecule has 0 aromatic heterocycles. The fraction of sp³-hybridized carbons (Fsp3) is 0.167. The topological polar surface area (TPSA) is 93.8 Å². The first-order valence-electron chi connectivity index (χ1n) is 7.81. The molecule has 0 radical (unpaired) electrons. The molecule has 2 aromatic carbocycles. The third kappa shape index (κ3) is 5.53. The molecule has 28 heavy (non-hydrogen) atoms. The molecule has 0 bridgehead atoms. The summed E-state index contributed by atoms with van der Waals surface area (Å²) in [6, 6.07) is 9.86.